The summed E-state index contributed by atoms with van der Waals surface area (Å²) in [6, 6.07) is 19.0. The molecular formula is C22H27N3O. The third kappa shape index (κ3) is 3.61. The van der Waals surface area contributed by atoms with Crippen LogP contribution >= 0.6 is 0 Å². The van der Waals surface area contributed by atoms with Crippen LogP contribution in [0.15, 0.2) is 54.6 Å². The topological polar surface area (TPSA) is 35.6 Å². The molecule has 2 aromatic rings. The fourth-order valence-electron chi connectivity index (χ4n) is 4.11. The number of benzene rings is 2. The number of amides is 1. The Balaban J connectivity index is 1.61. The van der Waals surface area contributed by atoms with Gasteiger partial charge in [0.2, 0.25) is 5.91 Å². The van der Waals surface area contributed by atoms with Crippen LogP contribution in [-0.2, 0) is 11.3 Å². The van der Waals surface area contributed by atoms with E-state index in [2.05, 4.69) is 63.6 Å². The zero-order chi connectivity index (χ0) is 17.8. The molecule has 4 heteroatoms. The van der Waals surface area contributed by atoms with Crippen LogP contribution in [0.3, 0.4) is 0 Å². The molecule has 0 atom stereocenters. The molecule has 0 radical (unpaired) electrons. The van der Waals surface area contributed by atoms with Gasteiger partial charge in [0, 0.05) is 25.6 Å². The molecule has 26 heavy (non-hydrogen) atoms. The molecule has 2 aromatic carbocycles. The van der Waals surface area contributed by atoms with Gasteiger partial charge in [-0.05, 0) is 50.0 Å². The predicted molar refractivity (Wildman–Crippen MR) is 106 cm³/mol. The van der Waals surface area contributed by atoms with E-state index in [4.69, 9.17) is 0 Å². The van der Waals surface area contributed by atoms with Crippen molar-refractivity contribution in [2.45, 2.75) is 25.8 Å². The molecule has 2 aliphatic rings. The van der Waals surface area contributed by atoms with Gasteiger partial charge in [0.1, 0.15) is 0 Å². The maximum Gasteiger partial charge on any atom is 0.230 e. The maximum absolute atomic E-state index is 13.2. The average molecular weight is 349 g/mol. The zero-order valence-electron chi connectivity index (χ0n) is 15.2. The van der Waals surface area contributed by atoms with Gasteiger partial charge < -0.3 is 15.1 Å². The van der Waals surface area contributed by atoms with E-state index in [0.29, 0.717) is 5.91 Å². The van der Waals surface area contributed by atoms with Crippen molar-refractivity contribution < 1.29 is 4.79 Å². The summed E-state index contributed by atoms with van der Waals surface area (Å²) in [6.07, 6.45) is 2.90. The average Bonchev–Trinajstić information content (AvgIpc) is 2.89. The summed E-state index contributed by atoms with van der Waals surface area (Å²) in [5.41, 5.74) is 3.56. The van der Waals surface area contributed by atoms with E-state index in [1.54, 1.807) is 0 Å². The summed E-state index contributed by atoms with van der Waals surface area (Å²) in [5, 5.41) is 3.36. The van der Waals surface area contributed by atoms with Gasteiger partial charge in [-0.1, -0.05) is 42.5 Å². The maximum atomic E-state index is 13.2. The molecule has 4 rings (SSSR count). The van der Waals surface area contributed by atoms with Crippen LogP contribution in [0, 0.1) is 5.92 Å². The Kier molecular flexibility index (Phi) is 5.21. The molecule has 2 aliphatic heterocycles. The molecule has 4 nitrogen and oxygen atoms in total. The van der Waals surface area contributed by atoms with Crippen molar-refractivity contribution in [1.29, 1.82) is 0 Å². The van der Waals surface area contributed by atoms with E-state index < -0.39 is 0 Å². The summed E-state index contributed by atoms with van der Waals surface area (Å²) in [5.74, 6) is 0.463. The van der Waals surface area contributed by atoms with E-state index in [0.717, 1.165) is 57.7 Å². The van der Waals surface area contributed by atoms with Gasteiger partial charge in [-0.3, -0.25) is 4.79 Å². The molecule has 0 aromatic heterocycles. The van der Waals surface area contributed by atoms with Crippen molar-refractivity contribution in [3.8, 4) is 0 Å². The number of rotatable bonds is 3. The molecule has 136 valence electrons. The predicted octanol–water partition coefficient (Wildman–Crippen LogP) is 3.43. The lowest BCUT2D eigenvalue weighted by molar-refractivity contribution is -0.123. The normalized spacial score (nSPS) is 18.3. The van der Waals surface area contributed by atoms with E-state index in [-0.39, 0.29) is 5.92 Å². The number of fused-ring (bicyclic) bond motifs is 1. The number of carbonyl (C=O) groups is 1. The monoisotopic (exact) mass is 349 g/mol. The number of para-hydroxylation sites is 2. The van der Waals surface area contributed by atoms with E-state index in [1.165, 1.54) is 11.3 Å². The van der Waals surface area contributed by atoms with E-state index >= 15 is 0 Å². The van der Waals surface area contributed by atoms with Gasteiger partial charge in [-0.15, -0.1) is 0 Å². The second kappa shape index (κ2) is 7.92. The summed E-state index contributed by atoms with van der Waals surface area (Å²) < 4.78 is 0. The molecular weight excluding hydrogens is 322 g/mol. The minimum atomic E-state index is 0.157. The van der Waals surface area contributed by atoms with Crippen molar-refractivity contribution in [3.63, 3.8) is 0 Å². The highest BCUT2D eigenvalue weighted by atomic mass is 16.2. The first-order valence-corrected chi connectivity index (χ1v) is 9.73. The molecule has 1 saturated heterocycles. The Bertz CT molecular complexity index is 740. The molecule has 2 heterocycles. The van der Waals surface area contributed by atoms with Gasteiger partial charge in [0.15, 0.2) is 0 Å². The van der Waals surface area contributed by atoms with Crippen LogP contribution in [-0.4, -0.2) is 32.1 Å². The van der Waals surface area contributed by atoms with Crippen LogP contribution < -0.4 is 15.1 Å². The number of nitrogens with one attached hydrogen (secondary N) is 1. The van der Waals surface area contributed by atoms with Crippen molar-refractivity contribution in [2.75, 3.05) is 36.0 Å². The molecule has 0 saturated carbocycles. The highest BCUT2D eigenvalue weighted by Gasteiger charge is 2.30. The minimum Gasteiger partial charge on any atom is -0.365 e. The molecule has 1 fully saturated rings. The Morgan fingerprint density at radius 1 is 0.923 bits per heavy atom. The minimum absolute atomic E-state index is 0.157. The first-order valence-electron chi connectivity index (χ1n) is 9.73. The lowest BCUT2D eigenvalue weighted by Gasteiger charge is -2.30. The molecule has 1 N–H and O–H groups in total. The van der Waals surface area contributed by atoms with E-state index in [9.17, 15) is 4.79 Å². The third-order valence-corrected chi connectivity index (χ3v) is 5.49. The highest BCUT2D eigenvalue weighted by molar-refractivity contribution is 5.98. The van der Waals surface area contributed by atoms with E-state index in [1.807, 2.05) is 6.07 Å². The second-order valence-corrected chi connectivity index (χ2v) is 7.26. The van der Waals surface area contributed by atoms with Gasteiger partial charge in [-0.2, -0.15) is 0 Å². The quantitative estimate of drug-likeness (QED) is 0.922. The van der Waals surface area contributed by atoms with Crippen LogP contribution in [0.25, 0.3) is 0 Å². The first-order chi connectivity index (χ1) is 12.8. The van der Waals surface area contributed by atoms with Crippen LogP contribution in [0.2, 0.25) is 0 Å². The molecule has 0 bridgehead atoms. The lowest BCUT2D eigenvalue weighted by atomic mass is 9.96. The van der Waals surface area contributed by atoms with Crippen molar-refractivity contribution in [3.05, 3.63) is 60.2 Å². The van der Waals surface area contributed by atoms with Crippen molar-refractivity contribution in [2.24, 2.45) is 5.92 Å². The van der Waals surface area contributed by atoms with Crippen LogP contribution in [0.4, 0.5) is 11.4 Å². The molecule has 0 aliphatic carbocycles. The summed E-state index contributed by atoms with van der Waals surface area (Å²) in [4.78, 5) is 17.7. The Labute approximate surface area is 155 Å². The number of nitrogens with zero attached hydrogens (tertiary/aromatic N) is 2. The Morgan fingerprint density at radius 3 is 2.38 bits per heavy atom. The smallest absolute Gasteiger partial charge is 0.230 e. The molecule has 1 amide bonds. The second-order valence-electron chi connectivity index (χ2n) is 7.26. The van der Waals surface area contributed by atoms with Gasteiger partial charge in [-0.25, -0.2) is 0 Å². The summed E-state index contributed by atoms with van der Waals surface area (Å²) in [7, 11) is 0. The molecule has 0 spiro atoms. The highest BCUT2D eigenvalue weighted by Crippen LogP contribution is 2.34. The third-order valence-electron chi connectivity index (χ3n) is 5.49. The fraction of sp³-hybridized carbons (Fsp3) is 0.409. The number of piperidine rings is 1. The number of hydrogen-bond donors (Lipinski definition) is 1. The van der Waals surface area contributed by atoms with Crippen molar-refractivity contribution in [1.82, 2.24) is 5.32 Å². The Hall–Kier alpha value is -2.33. The largest absolute Gasteiger partial charge is 0.365 e. The lowest BCUT2D eigenvalue weighted by Crippen LogP contribution is -2.41. The van der Waals surface area contributed by atoms with Gasteiger partial charge in [0.05, 0.1) is 11.4 Å². The van der Waals surface area contributed by atoms with Crippen LogP contribution in [0.5, 0.6) is 0 Å². The summed E-state index contributed by atoms with van der Waals surface area (Å²) >= 11 is 0. The number of anilines is 2. The van der Waals surface area contributed by atoms with Gasteiger partial charge >= 0.3 is 0 Å². The van der Waals surface area contributed by atoms with Gasteiger partial charge in [0.25, 0.3) is 0 Å². The number of hydrogen-bond acceptors (Lipinski definition) is 3. The van der Waals surface area contributed by atoms with Crippen molar-refractivity contribution >= 4 is 17.3 Å². The standard InChI is InChI=1S/C22H27N3O/c26-22(19-11-13-23-14-12-19)25-16-6-15-24(17-18-7-2-1-3-8-18)20-9-4-5-10-21(20)25/h1-5,7-10,19,23H,6,11-17H2. The zero-order valence-corrected chi connectivity index (χ0v) is 15.2. The Morgan fingerprint density at radius 2 is 1.62 bits per heavy atom. The fourth-order valence-corrected chi connectivity index (χ4v) is 4.11. The number of carbonyl (C=O) groups excluding carboxylic acids is 1. The first kappa shape index (κ1) is 17.1. The molecule has 0 unspecified atom stereocenters. The summed E-state index contributed by atoms with van der Waals surface area (Å²) in [6.45, 7) is 4.57. The SMILES string of the molecule is O=C(C1CCNCC1)N1CCCN(Cc2ccccc2)c2ccccc21. The van der Waals surface area contributed by atoms with Crippen LogP contribution in [0.1, 0.15) is 24.8 Å².